The molecule has 0 atom stereocenters. The molecule has 0 aliphatic heterocycles. The number of hydrogen-bond acceptors (Lipinski definition) is 7. The molecule has 0 bridgehead atoms. The number of aromatic amines is 1. The van der Waals surface area contributed by atoms with E-state index < -0.39 is 5.56 Å². The summed E-state index contributed by atoms with van der Waals surface area (Å²) >= 11 is 2.39. The number of ketones is 1. The third-order valence-electron chi connectivity index (χ3n) is 4.09. The van der Waals surface area contributed by atoms with E-state index in [4.69, 9.17) is 4.74 Å². The number of nitrogens with one attached hydrogen (secondary N) is 2. The van der Waals surface area contributed by atoms with Crippen LogP contribution in [0.15, 0.2) is 45.4 Å². The van der Waals surface area contributed by atoms with Crippen molar-refractivity contribution in [3.8, 4) is 5.75 Å². The third kappa shape index (κ3) is 5.06. The molecule has 0 radical (unpaired) electrons. The molecule has 3 aromatic rings. The largest absolute Gasteiger partial charge is 0.506 e. The first-order valence-electron chi connectivity index (χ1n) is 8.88. The molecule has 3 N–H and O–H groups in total. The number of thiophene rings is 1. The van der Waals surface area contributed by atoms with E-state index in [-0.39, 0.29) is 34.3 Å². The number of aromatic hydroxyl groups is 1. The molecule has 0 aliphatic rings. The number of rotatable bonds is 9. The van der Waals surface area contributed by atoms with E-state index in [0.717, 1.165) is 6.07 Å². The molecule has 0 spiro atoms. The lowest BCUT2D eigenvalue weighted by Crippen LogP contribution is -2.26. The molecule has 29 heavy (non-hydrogen) atoms. The van der Waals surface area contributed by atoms with Crippen molar-refractivity contribution >= 4 is 45.0 Å². The summed E-state index contributed by atoms with van der Waals surface area (Å²) in [6, 6.07) is 9.96. The van der Waals surface area contributed by atoms with Gasteiger partial charge in [0.1, 0.15) is 5.75 Å². The van der Waals surface area contributed by atoms with Gasteiger partial charge in [-0.15, -0.1) is 23.1 Å². The second-order valence-electron chi connectivity index (χ2n) is 6.17. The summed E-state index contributed by atoms with van der Waals surface area (Å²) in [6.45, 7) is 0.912. The van der Waals surface area contributed by atoms with Crippen molar-refractivity contribution in [3.05, 3.63) is 57.9 Å². The van der Waals surface area contributed by atoms with E-state index in [1.807, 2.05) is 6.07 Å². The average Bonchev–Trinajstić information content (AvgIpc) is 3.08. The van der Waals surface area contributed by atoms with Crippen molar-refractivity contribution in [2.75, 3.05) is 26.0 Å². The van der Waals surface area contributed by atoms with Gasteiger partial charge in [-0.1, -0.05) is 30.3 Å². The maximum Gasteiger partial charge on any atom is 0.255 e. The normalized spacial score (nSPS) is 10.9. The van der Waals surface area contributed by atoms with Crippen LogP contribution in [-0.4, -0.2) is 47.8 Å². The fourth-order valence-corrected chi connectivity index (χ4v) is 5.04. The number of H-pyrrole nitrogens is 1. The van der Waals surface area contributed by atoms with Gasteiger partial charge in [-0.25, -0.2) is 0 Å². The summed E-state index contributed by atoms with van der Waals surface area (Å²) in [5, 5.41) is 12.9. The van der Waals surface area contributed by atoms with Crippen molar-refractivity contribution in [1.82, 2.24) is 10.3 Å². The van der Waals surface area contributed by atoms with E-state index in [1.54, 1.807) is 31.4 Å². The van der Waals surface area contributed by atoms with E-state index >= 15 is 0 Å². The van der Waals surface area contributed by atoms with Crippen molar-refractivity contribution in [3.63, 3.8) is 0 Å². The summed E-state index contributed by atoms with van der Waals surface area (Å²) in [7, 11) is 1.58. The van der Waals surface area contributed by atoms with Crippen molar-refractivity contribution in [2.24, 2.45) is 0 Å². The summed E-state index contributed by atoms with van der Waals surface area (Å²) < 4.78 is 5.94. The SMILES string of the molecule is COCCCNC(=O)c1c(SCC(=O)c2ccccc2)sc2c(O)cc(=O)[nH]c12. The van der Waals surface area contributed by atoms with Crippen molar-refractivity contribution in [1.29, 1.82) is 0 Å². The first kappa shape index (κ1) is 21.1. The molecular formula is C20H20N2O5S2. The van der Waals surface area contributed by atoms with Gasteiger partial charge in [0.25, 0.3) is 11.5 Å². The Bertz CT molecular complexity index is 1080. The number of pyridine rings is 1. The number of hydrogen-bond donors (Lipinski definition) is 3. The predicted molar refractivity (Wildman–Crippen MR) is 114 cm³/mol. The zero-order chi connectivity index (χ0) is 20.8. The van der Waals surface area contributed by atoms with Crippen LogP contribution in [0.3, 0.4) is 0 Å². The number of Topliss-reactive ketones (excluding diaryl/α,β-unsaturated/α-hetero) is 1. The molecule has 7 nitrogen and oxygen atoms in total. The topological polar surface area (TPSA) is 108 Å². The first-order valence-corrected chi connectivity index (χ1v) is 10.7. The van der Waals surface area contributed by atoms with Gasteiger partial charge >= 0.3 is 0 Å². The Labute approximate surface area is 175 Å². The van der Waals surface area contributed by atoms with E-state index in [9.17, 15) is 19.5 Å². The lowest BCUT2D eigenvalue weighted by molar-refractivity contribution is 0.0946. The highest BCUT2D eigenvalue weighted by Gasteiger charge is 2.23. The molecule has 3 rings (SSSR count). The second-order valence-corrected chi connectivity index (χ2v) is 8.43. The molecule has 2 aromatic heterocycles. The van der Waals surface area contributed by atoms with Gasteiger partial charge in [0, 0.05) is 31.9 Å². The smallest absolute Gasteiger partial charge is 0.255 e. The van der Waals surface area contributed by atoms with E-state index in [1.165, 1.54) is 23.1 Å². The zero-order valence-corrected chi connectivity index (χ0v) is 17.3. The van der Waals surface area contributed by atoms with Crippen molar-refractivity contribution in [2.45, 2.75) is 10.6 Å². The standard InChI is InChI=1S/C20H20N2O5S2/c1-27-9-5-8-21-19(26)16-17-18(13(23)10-15(25)22-17)29-20(16)28-11-14(24)12-6-3-2-4-7-12/h2-4,6-7,10H,5,8-9,11H2,1H3,(H,21,26)(H2,22,23,25). The van der Waals surface area contributed by atoms with E-state index in [0.29, 0.717) is 34.0 Å². The van der Waals surface area contributed by atoms with Gasteiger partial charge in [-0.3, -0.25) is 14.4 Å². The quantitative estimate of drug-likeness (QED) is 0.272. The van der Waals surface area contributed by atoms with Crippen LogP contribution >= 0.6 is 23.1 Å². The Kier molecular flexibility index (Phi) is 7.08. The molecule has 0 aliphatic carbocycles. The Morgan fingerprint density at radius 2 is 2.03 bits per heavy atom. The van der Waals surface area contributed by atoms with Gasteiger partial charge in [-0.2, -0.15) is 0 Å². The fourth-order valence-electron chi connectivity index (χ4n) is 2.71. The Morgan fingerprint density at radius 1 is 1.28 bits per heavy atom. The number of fused-ring (bicyclic) bond motifs is 1. The van der Waals surface area contributed by atoms with Crippen LogP contribution in [0.1, 0.15) is 27.1 Å². The summed E-state index contributed by atoms with van der Waals surface area (Å²) in [5.74, 6) is -0.505. The van der Waals surface area contributed by atoms with Crippen LogP contribution in [0, 0.1) is 0 Å². The maximum absolute atomic E-state index is 12.8. The average molecular weight is 433 g/mol. The monoisotopic (exact) mass is 432 g/mol. The number of carbonyl (C=O) groups excluding carboxylic acids is 2. The minimum Gasteiger partial charge on any atom is -0.506 e. The molecule has 1 amide bonds. The Hall–Kier alpha value is -2.62. The molecule has 0 saturated carbocycles. The van der Waals surface area contributed by atoms with Crippen LogP contribution in [0.2, 0.25) is 0 Å². The van der Waals surface area contributed by atoms with E-state index in [2.05, 4.69) is 10.3 Å². The summed E-state index contributed by atoms with van der Waals surface area (Å²) in [4.78, 5) is 39.7. The lowest BCUT2D eigenvalue weighted by atomic mass is 10.2. The number of carbonyl (C=O) groups is 2. The molecule has 9 heteroatoms. The van der Waals surface area contributed by atoms with Crippen LogP contribution < -0.4 is 10.9 Å². The number of benzene rings is 1. The van der Waals surface area contributed by atoms with Gasteiger partial charge in [0.2, 0.25) is 0 Å². The molecule has 2 heterocycles. The van der Waals surface area contributed by atoms with Crippen LogP contribution in [0.25, 0.3) is 10.2 Å². The van der Waals surface area contributed by atoms with Crippen LogP contribution in [0.5, 0.6) is 5.75 Å². The number of thioether (sulfide) groups is 1. The third-order valence-corrected chi connectivity index (χ3v) is 6.58. The van der Waals surface area contributed by atoms with Crippen LogP contribution in [-0.2, 0) is 4.74 Å². The highest BCUT2D eigenvalue weighted by Crippen LogP contribution is 2.40. The number of ether oxygens (including phenoxy) is 1. The number of amides is 1. The first-order chi connectivity index (χ1) is 14.0. The van der Waals surface area contributed by atoms with Gasteiger partial charge < -0.3 is 20.1 Å². The number of aromatic nitrogens is 1. The van der Waals surface area contributed by atoms with Gasteiger partial charge in [0.05, 0.1) is 25.7 Å². The summed E-state index contributed by atoms with van der Waals surface area (Å²) in [6.07, 6.45) is 0.640. The Morgan fingerprint density at radius 3 is 2.76 bits per heavy atom. The van der Waals surface area contributed by atoms with Gasteiger partial charge in [0.15, 0.2) is 5.78 Å². The van der Waals surface area contributed by atoms with Gasteiger partial charge in [-0.05, 0) is 6.42 Å². The summed E-state index contributed by atoms with van der Waals surface area (Å²) in [5.41, 5.74) is 0.626. The Balaban J connectivity index is 1.88. The highest BCUT2D eigenvalue weighted by atomic mass is 32.2. The van der Waals surface area contributed by atoms with Crippen molar-refractivity contribution < 1.29 is 19.4 Å². The lowest BCUT2D eigenvalue weighted by Gasteiger charge is -2.07. The van der Waals surface area contributed by atoms with Crippen LogP contribution in [0.4, 0.5) is 0 Å². The fraction of sp³-hybridized carbons (Fsp3) is 0.250. The number of methoxy groups -OCH3 is 1. The molecule has 0 unspecified atom stereocenters. The minimum absolute atomic E-state index is 0.0720. The second kappa shape index (κ2) is 9.73. The molecular weight excluding hydrogens is 412 g/mol. The highest BCUT2D eigenvalue weighted by molar-refractivity contribution is 8.02. The molecule has 0 fully saturated rings. The predicted octanol–water partition coefficient (Wildman–Crippen LogP) is 3.04. The molecule has 1 aromatic carbocycles. The minimum atomic E-state index is -0.502. The zero-order valence-electron chi connectivity index (χ0n) is 15.7. The molecule has 0 saturated heterocycles. The maximum atomic E-state index is 12.8. The molecule has 152 valence electrons.